The summed E-state index contributed by atoms with van der Waals surface area (Å²) in [4.78, 5) is 11.7. The predicted molar refractivity (Wildman–Crippen MR) is 65.1 cm³/mol. The molecule has 0 spiro atoms. The average Bonchev–Trinajstić information content (AvgIpc) is 2.36. The summed E-state index contributed by atoms with van der Waals surface area (Å²) in [6.07, 6.45) is 0. The molecule has 0 saturated carbocycles. The Labute approximate surface area is 109 Å². The van der Waals surface area contributed by atoms with Gasteiger partial charge < -0.3 is 10.0 Å². The molecule has 0 aromatic heterocycles. The van der Waals surface area contributed by atoms with Gasteiger partial charge in [-0.2, -0.15) is 8.78 Å². The molecule has 1 aromatic rings. The van der Waals surface area contributed by atoms with Gasteiger partial charge in [0.2, 0.25) is 9.84 Å². The SMILES string of the molecule is CC(C(=O)O)N(C)c1ccc(S(=O)(=O)C(F)F)cc1. The van der Waals surface area contributed by atoms with Crippen LogP contribution in [0.5, 0.6) is 0 Å². The Morgan fingerprint density at radius 1 is 1.26 bits per heavy atom. The number of likely N-dealkylation sites (N-methyl/N-ethyl adjacent to an activating group) is 1. The molecule has 5 nitrogen and oxygen atoms in total. The molecule has 106 valence electrons. The Morgan fingerprint density at radius 3 is 2.11 bits per heavy atom. The number of nitrogens with zero attached hydrogens (tertiary/aromatic N) is 1. The molecule has 0 aliphatic rings. The fourth-order valence-corrected chi connectivity index (χ4v) is 2.08. The first kappa shape index (κ1) is 15.4. The molecule has 1 unspecified atom stereocenters. The number of benzene rings is 1. The lowest BCUT2D eigenvalue weighted by atomic mass is 10.2. The molecule has 0 fully saturated rings. The molecule has 1 aromatic carbocycles. The van der Waals surface area contributed by atoms with E-state index >= 15 is 0 Å². The highest BCUT2D eigenvalue weighted by Crippen LogP contribution is 2.22. The monoisotopic (exact) mass is 293 g/mol. The summed E-state index contributed by atoms with van der Waals surface area (Å²) in [5, 5.41) is 8.83. The van der Waals surface area contributed by atoms with E-state index < -0.39 is 32.5 Å². The van der Waals surface area contributed by atoms with Gasteiger partial charge in [-0.3, -0.25) is 0 Å². The third-order valence-electron chi connectivity index (χ3n) is 2.75. The largest absolute Gasteiger partial charge is 0.480 e. The standard InChI is InChI=1S/C11H13F2NO4S/c1-7(10(15)16)14(2)8-3-5-9(6-4-8)19(17,18)11(12)13/h3-7,11H,1-2H3,(H,15,16). The number of anilines is 1. The van der Waals surface area contributed by atoms with E-state index in [0.29, 0.717) is 5.69 Å². The van der Waals surface area contributed by atoms with E-state index in [-0.39, 0.29) is 0 Å². The van der Waals surface area contributed by atoms with Crippen molar-refractivity contribution in [3.8, 4) is 0 Å². The zero-order valence-corrected chi connectivity index (χ0v) is 11.1. The van der Waals surface area contributed by atoms with Crippen LogP contribution in [-0.4, -0.2) is 38.3 Å². The van der Waals surface area contributed by atoms with E-state index in [9.17, 15) is 22.0 Å². The van der Waals surface area contributed by atoms with Crippen LogP contribution in [0.2, 0.25) is 0 Å². The molecular formula is C11H13F2NO4S. The smallest absolute Gasteiger partial charge is 0.341 e. The molecule has 1 N–H and O–H groups in total. The second kappa shape index (κ2) is 5.52. The minimum Gasteiger partial charge on any atom is -0.480 e. The van der Waals surface area contributed by atoms with Gasteiger partial charge in [0.05, 0.1) is 4.90 Å². The van der Waals surface area contributed by atoms with Crippen LogP contribution in [0.3, 0.4) is 0 Å². The van der Waals surface area contributed by atoms with Crippen molar-refractivity contribution in [2.45, 2.75) is 23.6 Å². The highest BCUT2D eigenvalue weighted by Gasteiger charge is 2.26. The number of sulfone groups is 1. The van der Waals surface area contributed by atoms with Crippen LogP contribution in [0.1, 0.15) is 6.92 Å². The van der Waals surface area contributed by atoms with Crippen molar-refractivity contribution in [1.82, 2.24) is 0 Å². The minimum absolute atomic E-state index is 0.420. The van der Waals surface area contributed by atoms with Crippen LogP contribution in [0, 0.1) is 0 Å². The maximum Gasteiger partial charge on any atom is 0.341 e. The van der Waals surface area contributed by atoms with Crippen molar-refractivity contribution < 1.29 is 27.1 Å². The minimum atomic E-state index is -4.62. The molecule has 1 rings (SSSR count). The summed E-state index contributed by atoms with van der Waals surface area (Å²) in [5.41, 5.74) is 0.420. The Balaban J connectivity index is 3.04. The second-order valence-electron chi connectivity index (χ2n) is 3.92. The van der Waals surface area contributed by atoms with Gasteiger partial charge in [0.15, 0.2) is 0 Å². The average molecular weight is 293 g/mol. The van der Waals surface area contributed by atoms with Gasteiger partial charge in [-0.15, -0.1) is 0 Å². The molecule has 1 atom stereocenters. The first-order valence-corrected chi connectivity index (χ1v) is 6.80. The summed E-state index contributed by atoms with van der Waals surface area (Å²) in [6, 6.07) is 3.81. The van der Waals surface area contributed by atoms with Gasteiger partial charge >= 0.3 is 11.7 Å². The highest BCUT2D eigenvalue weighted by molar-refractivity contribution is 7.91. The van der Waals surface area contributed by atoms with Gasteiger partial charge in [0.1, 0.15) is 6.04 Å². The summed E-state index contributed by atoms with van der Waals surface area (Å²) in [6.45, 7) is 1.45. The van der Waals surface area contributed by atoms with Crippen molar-refractivity contribution in [2.75, 3.05) is 11.9 Å². The van der Waals surface area contributed by atoms with E-state index in [0.717, 1.165) is 12.1 Å². The van der Waals surface area contributed by atoms with Crippen LogP contribution in [0.25, 0.3) is 0 Å². The highest BCUT2D eigenvalue weighted by atomic mass is 32.2. The lowest BCUT2D eigenvalue weighted by Crippen LogP contribution is -2.35. The molecule has 19 heavy (non-hydrogen) atoms. The maximum absolute atomic E-state index is 12.3. The van der Waals surface area contributed by atoms with Crippen LogP contribution >= 0.6 is 0 Å². The molecule has 0 radical (unpaired) electrons. The van der Waals surface area contributed by atoms with Crippen LogP contribution in [0.4, 0.5) is 14.5 Å². The third kappa shape index (κ3) is 3.19. The number of hydrogen-bond acceptors (Lipinski definition) is 4. The molecule has 0 heterocycles. The molecule has 0 saturated heterocycles. The predicted octanol–water partition coefficient (Wildman–Crippen LogP) is 1.59. The summed E-state index contributed by atoms with van der Waals surface area (Å²) in [7, 11) is -3.11. The van der Waals surface area contributed by atoms with Crippen molar-refractivity contribution >= 4 is 21.5 Å². The lowest BCUT2D eigenvalue weighted by Gasteiger charge is -2.23. The maximum atomic E-state index is 12.3. The molecule has 8 heteroatoms. The normalized spacial score (nSPS) is 13.3. The number of hydrogen-bond donors (Lipinski definition) is 1. The Morgan fingerprint density at radius 2 is 1.74 bits per heavy atom. The van der Waals surface area contributed by atoms with Gasteiger partial charge in [-0.05, 0) is 31.2 Å². The second-order valence-corrected chi connectivity index (χ2v) is 5.84. The van der Waals surface area contributed by atoms with Crippen LogP contribution in [-0.2, 0) is 14.6 Å². The number of alkyl halides is 2. The molecule has 0 aliphatic carbocycles. The van der Waals surface area contributed by atoms with E-state index in [4.69, 9.17) is 5.11 Å². The Bertz CT molecular complexity index is 557. The van der Waals surface area contributed by atoms with Gasteiger partial charge in [0, 0.05) is 12.7 Å². The summed E-state index contributed by atoms with van der Waals surface area (Å²) in [5.74, 6) is -4.53. The number of halogens is 2. The van der Waals surface area contributed by atoms with Crippen molar-refractivity contribution in [3.05, 3.63) is 24.3 Å². The Hall–Kier alpha value is -1.70. The zero-order chi connectivity index (χ0) is 14.8. The fourth-order valence-electron chi connectivity index (χ4n) is 1.36. The topological polar surface area (TPSA) is 74.7 Å². The van der Waals surface area contributed by atoms with Crippen molar-refractivity contribution in [2.24, 2.45) is 0 Å². The van der Waals surface area contributed by atoms with E-state index in [1.54, 1.807) is 0 Å². The Kier molecular flexibility index (Phi) is 4.46. The van der Waals surface area contributed by atoms with E-state index in [1.165, 1.54) is 31.0 Å². The molecule has 0 aliphatic heterocycles. The van der Waals surface area contributed by atoms with Gasteiger partial charge in [0.25, 0.3) is 0 Å². The van der Waals surface area contributed by atoms with Crippen molar-refractivity contribution in [1.29, 1.82) is 0 Å². The first-order valence-electron chi connectivity index (χ1n) is 5.25. The molecule has 0 amide bonds. The number of carboxylic acid groups (broad SMARTS) is 1. The molecule has 0 bridgehead atoms. The van der Waals surface area contributed by atoms with Crippen LogP contribution in [0.15, 0.2) is 29.2 Å². The van der Waals surface area contributed by atoms with Crippen LogP contribution < -0.4 is 4.90 Å². The molecular weight excluding hydrogens is 280 g/mol. The lowest BCUT2D eigenvalue weighted by molar-refractivity contribution is -0.138. The van der Waals surface area contributed by atoms with E-state index in [2.05, 4.69) is 0 Å². The number of rotatable bonds is 5. The van der Waals surface area contributed by atoms with E-state index in [1.807, 2.05) is 0 Å². The number of aliphatic carboxylic acids is 1. The fraction of sp³-hybridized carbons (Fsp3) is 0.364. The number of carbonyl (C=O) groups is 1. The number of carboxylic acids is 1. The summed E-state index contributed by atoms with van der Waals surface area (Å²) < 4.78 is 47.0. The zero-order valence-electron chi connectivity index (χ0n) is 10.2. The summed E-state index contributed by atoms with van der Waals surface area (Å²) >= 11 is 0. The van der Waals surface area contributed by atoms with Gasteiger partial charge in [-0.25, -0.2) is 13.2 Å². The quantitative estimate of drug-likeness (QED) is 0.892. The van der Waals surface area contributed by atoms with Crippen molar-refractivity contribution in [3.63, 3.8) is 0 Å². The van der Waals surface area contributed by atoms with Gasteiger partial charge in [-0.1, -0.05) is 0 Å². The third-order valence-corrected chi connectivity index (χ3v) is 4.14. The first-order chi connectivity index (χ1) is 8.67.